The fourth-order valence-electron chi connectivity index (χ4n) is 3.06. The van der Waals surface area contributed by atoms with Gasteiger partial charge in [-0.1, -0.05) is 65.7 Å². The van der Waals surface area contributed by atoms with Gasteiger partial charge in [-0.3, -0.25) is 0 Å². The maximum absolute atomic E-state index is 14.6. The molecule has 0 fully saturated rings. The Hall–Kier alpha value is -2.51. The standard InChI is InChI=1S/C22H23O3P/c1-16-8-12-18(13-9-16)26(23,19-14-10-17(2)11-15-19)22-20(24-3)6-5-7-21(22)25-4/h5-15H,1-4H3. The summed E-state index contributed by atoms with van der Waals surface area (Å²) >= 11 is 0. The van der Waals surface area contributed by atoms with Crippen molar-refractivity contribution in [1.82, 2.24) is 0 Å². The molecule has 3 aromatic carbocycles. The lowest BCUT2D eigenvalue weighted by molar-refractivity contribution is 0.400. The van der Waals surface area contributed by atoms with Crippen molar-refractivity contribution in [3.8, 4) is 11.5 Å². The molecule has 0 N–H and O–H groups in total. The Bertz CT molecular complexity index is 872. The van der Waals surface area contributed by atoms with Gasteiger partial charge in [-0.2, -0.15) is 0 Å². The van der Waals surface area contributed by atoms with E-state index in [9.17, 15) is 4.57 Å². The molecule has 0 heterocycles. The van der Waals surface area contributed by atoms with Crippen molar-refractivity contribution in [2.24, 2.45) is 0 Å². The van der Waals surface area contributed by atoms with E-state index in [0.29, 0.717) is 16.8 Å². The summed E-state index contributed by atoms with van der Waals surface area (Å²) in [5.41, 5.74) is 2.24. The van der Waals surface area contributed by atoms with Crippen LogP contribution in [0, 0.1) is 13.8 Å². The van der Waals surface area contributed by atoms with Crippen molar-refractivity contribution in [3.05, 3.63) is 77.9 Å². The van der Waals surface area contributed by atoms with Crippen LogP contribution in [0.4, 0.5) is 0 Å². The van der Waals surface area contributed by atoms with Gasteiger partial charge in [0.25, 0.3) is 0 Å². The predicted molar refractivity (Wildman–Crippen MR) is 108 cm³/mol. The molecule has 0 atom stereocenters. The Kier molecular flexibility index (Phi) is 5.20. The molecule has 0 spiro atoms. The van der Waals surface area contributed by atoms with Crippen molar-refractivity contribution in [3.63, 3.8) is 0 Å². The molecule has 3 rings (SSSR count). The van der Waals surface area contributed by atoms with Crippen LogP contribution in [0.25, 0.3) is 0 Å². The summed E-state index contributed by atoms with van der Waals surface area (Å²) < 4.78 is 25.8. The first-order valence-electron chi connectivity index (χ1n) is 8.46. The zero-order valence-electron chi connectivity index (χ0n) is 15.5. The fourth-order valence-corrected chi connectivity index (χ4v) is 5.96. The van der Waals surface area contributed by atoms with E-state index in [2.05, 4.69) is 0 Å². The smallest absolute Gasteiger partial charge is 0.178 e. The van der Waals surface area contributed by atoms with Gasteiger partial charge in [-0.25, -0.2) is 0 Å². The Morgan fingerprint density at radius 1 is 0.654 bits per heavy atom. The molecule has 0 saturated carbocycles. The Labute approximate surface area is 155 Å². The molecule has 0 aliphatic heterocycles. The second-order valence-corrected chi connectivity index (χ2v) is 8.99. The number of benzene rings is 3. The van der Waals surface area contributed by atoms with Gasteiger partial charge >= 0.3 is 0 Å². The van der Waals surface area contributed by atoms with Crippen molar-refractivity contribution in [2.45, 2.75) is 13.8 Å². The lowest BCUT2D eigenvalue weighted by Gasteiger charge is -2.24. The molecule has 0 aliphatic carbocycles. The second-order valence-electron chi connectivity index (χ2n) is 6.29. The van der Waals surface area contributed by atoms with Crippen molar-refractivity contribution in [2.75, 3.05) is 14.2 Å². The highest BCUT2D eigenvalue weighted by molar-refractivity contribution is 7.85. The quantitative estimate of drug-likeness (QED) is 0.641. The van der Waals surface area contributed by atoms with Crippen LogP contribution in [-0.4, -0.2) is 14.2 Å². The van der Waals surface area contributed by atoms with Crippen molar-refractivity contribution >= 4 is 23.1 Å². The minimum absolute atomic E-state index is 0.564. The third-order valence-electron chi connectivity index (χ3n) is 4.51. The average molecular weight is 366 g/mol. The molecule has 134 valence electrons. The van der Waals surface area contributed by atoms with E-state index >= 15 is 0 Å². The summed E-state index contributed by atoms with van der Waals surface area (Å²) in [6, 6.07) is 21.2. The van der Waals surface area contributed by atoms with Crippen LogP contribution in [0.2, 0.25) is 0 Å². The molecule has 3 aromatic rings. The molecule has 0 amide bonds. The molecule has 0 aliphatic rings. The maximum Gasteiger partial charge on any atom is 0.178 e. The molecule has 3 nitrogen and oxygen atoms in total. The molecule has 26 heavy (non-hydrogen) atoms. The van der Waals surface area contributed by atoms with Gasteiger partial charge in [-0.15, -0.1) is 0 Å². The van der Waals surface area contributed by atoms with E-state index in [1.807, 2.05) is 80.6 Å². The van der Waals surface area contributed by atoms with E-state index in [1.54, 1.807) is 14.2 Å². The maximum atomic E-state index is 14.6. The number of ether oxygens (including phenoxy) is 2. The third kappa shape index (κ3) is 3.15. The van der Waals surface area contributed by atoms with E-state index < -0.39 is 7.14 Å². The summed E-state index contributed by atoms with van der Waals surface area (Å²) in [4.78, 5) is 0. The van der Waals surface area contributed by atoms with Crippen LogP contribution in [0.5, 0.6) is 11.5 Å². The first kappa shape index (κ1) is 18.3. The molecule has 0 aromatic heterocycles. The van der Waals surface area contributed by atoms with Crippen LogP contribution in [0.3, 0.4) is 0 Å². The van der Waals surface area contributed by atoms with Gasteiger partial charge in [0.05, 0.1) is 14.2 Å². The number of hydrogen-bond acceptors (Lipinski definition) is 3. The second kappa shape index (κ2) is 7.39. The Morgan fingerprint density at radius 3 is 1.38 bits per heavy atom. The number of methoxy groups -OCH3 is 2. The van der Waals surface area contributed by atoms with Crippen LogP contribution >= 0.6 is 7.14 Å². The summed E-state index contributed by atoms with van der Waals surface area (Å²) in [7, 11) is 0.00594. The van der Waals surface area contributed by atoms with Gasteiger partial charge < -0.3 is 14.0 Å². The number of rotatable bonds is 5. The molecule has 0 unspecified atom stereocenters. The van der Waals surface area contributed by atoms with Gasteiger partial charge in [0, 0.05) is 10.6 Å². The SMILES string of the molecule is COc1cccc(OC)c1P(=O)(c1ccc(C)cc1)c1ccc(C)cc1. The van der Waals surface area contributed by atoms with Crippen LogP contribution in [0.15, 0.2) is 66.7 Å². The van der Waals surface area contributed by atoms with E-state index in [-0.39, 0.29) is 0 Å². The molecular weight excluding hydrogens is 343 g/mol. The van der Waals surface area contributed by atoms with Gasteiger partial charge in [-0.05, 0) is 26.0 Å². The summed E-state index contributed by atoms with van der Waals surface area (Å²) in [6.07, 6.45) is 0. The predicted octanol–water partition coefficient (Wildman–Crippen LogP) is 3.96. The zero-order valence-corrected chi connectivity index (χ0v) is 16.4. The lowest BCUT2D eigenvalue weighted by atomic mass is 10.2. The van der Waals surface area contributed by atoms with Crippen molar-refractivity contribution < 1.29 is 14.0 Å². The van der Waals surface area contributed by atoms with Gasteiger partial charge in [0.1, 0.15) is 16.8 Å². The van der Waals surface area contributed by atoms with Crippen LogP contribution in [-0.2, 0) is 4.57 Å². The van der Waals surface area contributed by atoms with Crippen LogP contribution < -0.4 is 25.4 Å². The number of hydrogen-bond donors (Lipinski definition) is 0. The highest BCUT2D eigenvalue weighted by atomic mass is 31.2. The summed E-state index contributed by atoms with van der Waals surface area (Å²) in [5, 5.41) is 2.11. The molecule has 0 saturated heterocycles. The highest BCUT2D eigenvalue weighted by Gasteiger charge is 2.35. The zero-order chi connectivity index (χ0) is 18.7. The first-order valence-corrected chi connectivity index (χ1v) is 10.2. The van der Waals surface area contributed by atoms with Gasteiger partial charge in [0.15, 0.2) is 7.14 Å². The Morgan fingerprint density at radius 2 is 1.04 bits per heavy atom. The first-order chi connectivity index (χ1) is 12.5. The lowest BCUT2D eigenvalue weighted by Crippen LogP contribution is -2.27. The van der Waals surface area contributed by atoms with Crippen LogP contribution in [0.1, 0.15) is 11.1 Å². The molecular formula is C22H23O3P. The fraction of sp³-hybridized carbons (Fsp3) is 0.182. The minimum atomic E-state index is -3.17. The molecule has 0 radical (unpaired) electrons. The Balaban J connectivity index is 2.38. The minimum Gasteiger partial charge on any atom is -0.496 e. The average Bonchev–Trinajstić information content (AvgIpc) is 2.67. The normalized spacial score (nSPS) is 11.2. The van der Waals surface area contributed by atoms with Gasteiger partial charge in [0.2, 0.25) is 0 Å². The molecule has 0 bridgehead atoms. The molecule has 4 heteroatoms. The number of aryl methyl sites for hydroxylation is 2. The van der Waals surface area contributed by atoms with E-state index in [0.717, 1.165) is 21.7 Å². The third-order valence-corrected chi connectivity index (χ3v) is 7.63. The largest absolute Gasteiger partial charge is 0.496 e. The summed E-state index contributed by atoms with van der Waals surface area (Å²) in [6.45, 7) is 4.04. The summed E-state index contributed by atoms with van der Waals surface area (Å²) in [5.74, 6) is 1.13. The monoisotopic (exact) mass is 366 g/mol. The topological polar surface area (TPSA) is 35.5 Å². The van der Waals surface area contributed by atoms with E-state index in [1.165, 1.54) is 0 Å². The van der Waals surface area contributed by atoms with Crippen molar-refractivity contribution in [1.29, 1.82) is 0 Å². The highest BCUT2D eigenvalue weighted by Crippen LogP contribution is 2.48. The van der Waals surface area contributed by atoms with E-state index in [4.69, 9.17) is 9.47 Å².